The fraction of sp³-hybridized carbons (Fsp3) is 0.323. The van der Waals surface area contributed by atoms with E-state index in [0.29, 0.717) is 23.5 Å². The van der Waals surface area contributed by atoms with Crippen molar-refractivity contribution in [1.29, 1.82) is 0 Å². The van der Waals surface area contributed by atoms with Crippen molar-refractivity contribution in [3.8, 4) is 0 Å². The van der Waals surface area contributed by atoms with Crippen LogP contribution in [0.3, 0.4) is 0 Å². The number of aryl methyl sites for hydroxylation is 1. The number of anilines is 2. The molecular formula is C31H39N7O. The van der Waals surface area contributed by atoms with Gasteiger partial charge in [0.05, 0.1) is 5.35 Å². The van der Waals surface area contributed by atoms with Crippen molar-refractivity contribution in [3.05, 3.63) is 93.8 Å². The van der Waals surface area contributed by atoms with Gasteiger partial charge in [-0.1, -0.05) is 32.1 Å². The molecule has 3 aromatic rings. The molecule has 6 N–H and O–H groups in total. The zero-order chi connectivity index (χ0) is 27.8. The summed E-state index contributed by atoms with van der Waals surface area (Å²) in [4.78, 5) is 27.4. The number of allylic oxidation sites excluding steroid dienone is 1. The van der Waals surface area contributed by atoms with Crippen LogP contribution in [0.15, 0.2) is 65.4 Å². The third-order valence-electron chi connectivity index (χ3n) is 6.88. The number of aromatic nitrogens is 2. The number of likely N-dealkylation sites (tertiary alicyclic amines) is 1. The van der Waals surface area contributed by atoms with Gasteiger partial charge >= 0.3 is 0 Å². The Morgan fingerprint density at radius 3 is 2.56 bits per heavy atom. The van der Waals surface area contributed by atoms with Gasteiger partial charge in [0.1, 0.15) is 11.6 Å². The van der Waals surface area contributed by atoms with Crippen LogP contribution in [0, 0.1) is 12.8 Å². The Balaban J connectivity index is 0.00000172. The van der Waals surface area contributed by atoms with Crippen LogP contribution in [-0.2, 0) is 6.54 Å². The quantitative estimate of drug-likeness (QED) is 0.304. The normalized spacial score (nSPS) is 19.8. The molecule has 1 aromatic heterocycles. The van der Waals surface area contributed by atoms with Crippen molar-refractivity contribution in [3.63, 3.8) is 0 Å². The van der Waals surface area contributed by atoms with Crippen LogP contribution in [0.25, 0.3) is 12.2 Å². The van der Waals surface area contributed by atoms with Crippen molar-refractivity contribution < 1.29 is 4.79 Å². The van der Waals surface area contributed by atoms with E-state index in [9.17, 15) is 4.79 Å². The van der Waals surface area contributed by atoms with Gasteiger partial charge in [0.2, 0.25) is 0 Å². The van der Waals surface area contributed by atoms with Crippen LogP contribution in [-0.4, -0.2) is 40.3 Å². The van der Waals surface area contributed by atoms with E-state index in [1.165, 1.54) is 5.56 Å². The number of fused-ring (bicyclic) bond motifs is 2. The van der Waals surface area contributed by atoms with E-state index in [2.05, 4.69) is 49.5 Å². The van der Waals surface area contributed by atoms with Crippen molar-refractivity contribution in [1.82, 2.24) is 14.9 Å². The summed E-state index contributed by atoms with van der Waals surface area (Å²) < 4.78 is 0. The molecule has 2 aromatic carbocycles. The summed E-state index contributed by atoms with van der Waals surface area (Å²) in [5, 5.41) is 4.27. The monoisotopic (exact) mass is 525 g/mol. The first kappa shape index (κ1) is 27.9. The van der Waals surface area contributed by atoms with Crippen molar-refractivity contribution in [2.45, 2.75) is 40.2 Å². The topological polar surface area (TPSA) is 125 Å². The van der Waals surface area contributed by atoms with Crippen molar-refractivity contribution in [2.75, 3.05) is 30.7 Å². The van der Waals surface area contributed by atoms with Crippen LogP contribution in [0.4, 0.5) is 11.4 Å². The smallest absolute Gasteiger partial charge is 0.179 e. The van der Waals surface area contributed by atoms with Crippen LogP contribution in [0.1, 0.15) is 54.0 Å². The Labute approximate surface area is 230 Å². The van der Waals surface area contributed by atoms with Crippen LogP contribution >= 0.6 is 0 Å². The Morgan fingerprint density at radius 2 is 1.82 bits per heavy atom. The molecular weight excluding hydrogens is 486 g/mol. The summed E-state index contributed by atoms with van der Waals surface area (Å²) in [7, 11) is 0. The number of nitrogens with zero attached hydrogens (tertiary/aromatic N) is 3. The van der Waals surface area contributed by atoms with Gasteiger partial charge in [-0.15, -0.1) is 0 Å². The third kappa shape index (κ3) is 7.23. The van der Waals surface area contributed by atoms with Crippen LogP contribution in [0.2, 0.25) is 0 Å². The number of ketones is 1. The second kappa shape index (κ2) is 13.1. The fourth-order valence-electron chi connectivity index (χ4n) is 4.88. The molecule has 204 valence electrons. The molecule has 0 saturated carbocycles. The highest BCUT2D eigenvalue weighted by atomic mass is 16.1. The van der Waals surface area contributed by atoms with Crippen LogP contribution < -0.4 is 27.6 Å². The number of hydrogen-bond donors (Lipinski definition) is 4. The lowest BCUT2D eigenvalue weighted by Crippen LogP contribution is -2.36. The highest BCUT2D eigenvalue weighted by Crippen LogP contribution is 2.25. The van der Waals surface area contributed by atoms with E-state index in [1.807, 2.05) is 51.1 Å². The number of carbonyl (C=O) groups excluding carboxylic acids is 1. The summed E-state index contributed by atoms with van der Waals surface area (Å²) in [6, 6.07) is 13.8. The van der Waals surface area contributed by atoms with Gasteiger partial charge in [0.15, 0.2) is 11.3 Å². The van der Waals surface area contributed by atoms with Gasteiger partial charge in [0.25, 0.3) is 0 Å². The number of nitrogen functional groups attached to an aromatic ring is 1. The SMILES string of the molecule is CC.Cc1nc2/c([nH]1)=C/C=C\c1cc(CN3CCC(C(=O)c4ccc(N)cc4)CC3)ccc1NC/C=C(N)\N=2. The van der Waals surface area contributed by atoms with Gasteiger partial charge in [-0.05, 0) is 92.5 Å². The zero-order valence-corrected chi connectivity index (χ0v) is 23.1. The van der Waals surface area contributed by atoms with E-state index in [1.54, 1.807) is 12.1 Å². The standard InChI is InChI=1S/C29H33N7O.C2H6/c1-19-33-26-4-2-3-23-17-20(5-10-25(23)32-14-11-27(31)35-29(26)34-19)18-36-15-12-22(13-16-36)28(37)21-6-8-24(30)9-7-21;1-2/h2-11,17,22,32H,12-16,18,30-31H2,1H3,(H,33,34,35);1-2H3/b3-2-,26-4-,27-11-;. The number of piperidine rings is 1. The number of H-pyrrole nitrogens is 1. The molecule has 0 amide bonds. The van der Waals surface area contributed by atoms with Gasteiger partial charge < -0.3 is 21.8 Å². The molecule has 0 radical (unpaired) electrons. The molecule has 1 fully saturated rings. The van der Waals surface area contributed by atoms with E-state index >= 15 is 0 Å². The Hall–Kier alpha value is -4.17. The molecule has 8 nitrogen and oxygen atoms in total. The summed E-state index contributed by atoms with van der Waals surface area (Å²) >= 11 is 0. The maximum atomic E-state index is 12.9. The van der Waals surface area contributed by atoms with Gasteiger partial charge in [-0.2, -0.15) is 0 Å². The molecule has 0 unspecified atom stereocenters. The minimum Gasteiger partial charge on any atom is -0.399 e. The maximum Gasteiger partial charge on any atom is 0.179 e. The maximum absolute atomic E-state index is 12.9. The predicted molar refractivity (Wildman–Crippen MR) is 159 cm³/mol. The van der Waals surface area contributed by atoms with Gasteiger partial charge in [0, 0.05) is 35.9 Å². The molecule has 2 aliphatic rings. The van der Waals surface area contributed by atoms with E-state index in [4.69, 9.17) is 11.5 Å². The largest absolute Gasteiger partial charge is 0.399 e. The molecule has 5 rings (SSSR count). The minimum atomic E-state index is 0.0716. The van der Waals surface area contributed by atoms with Crippen molar-refractivity contribution in [2.24, 2.45) is 16.6 Å². The molecule has 0 spiro atoms. The molecule has 0 bridgehead atoms. The summed E-state index contributed by atoms with van der Waals surface area (Å²) in [6.07, 6.45) is 9.66. The number of nitrogens with one attached hydrogen (secondary N) is 2. The van der Waals surface area contributed by atoms with Gasteiger partial charge in [-0.25, -0.2) is 9.98 Å². The second-order valence-electron chi connectivity index (χ2n) is 9.67. The summed E-state index contributed by atoms with van der Waals surface area (Å²) in [6.45, 7) is 9.12. The predicted octanol–water partition coefficient (Wildman–Crippen LogP) is 3.76. The lowest BCUT2D eigenvalue weighted by atomic mass is 9.88. The first-order chi connectivity index (χ1) is 18.9. The molecule has 1 saturated heterocycles. The first-order valence-electron chi connectivity index (χ1n) is 13.7. The second-order valence-corrected chi connectivity index (χ2v) is 9.67. The van der Waals surface area contributed by atoms with Gasteiger partial charge in [-0.3, -0.25) is 9.69 Å². The Bertz CT molecular complexity index is 1460. The minimum absolute atomic E-state index is 0.0716. The molecule has 8 heteroatoms. The van der Waals surface area contributed by atoms with E-state index in [0.717, 1.165) is 60.5 Å². The van der Waals surface area contributed by atoms with E-state index < -0.39 is 0 Å². The van der Waals surface area contributed by atoms with E-state index in [-0.39, 0.29) is 11.7 Å². The third-order valence-corrected chi connectivity index (χ3v) is 6.88. The molecule has 0 atom stereocenters. The number of hydrogen-bond acceptors (Lipinski definition) is 7. The number of aromatic amines is 1. The first-order valence-corrected chi connectivity index (χ1v) is 13.7. The molecule has 39 heavy (non-hydrogen) atoms. The summed E-state index contributed by atoms with van der Waals surface area (Å²) in [5.74, 6) is 1.52. The molecule has 0 aliphatic carbocycles. The zero-order valence-electron chi connectivity index (χ0n) is 23.1. The molecule has 3 heterocycles. The number of carbonyl (C=O) groups is 1. The molecule has 2 aliphatic heterocycles. The lowest BCUT2D eigenvalue weighted by Gasteiger charge is -2.31. The highest BCUT2D eigenvalue weighted by Gasteiger charge is 2.25. The number of imidazole rings is 1. The van der Waals surface area contributed by atoms with Crippen molar-refractivity contribution >= 4 is 29.3 Å². The average Bonchev–Trinajstić information content (AvgIpc) is 3.29. The summed E-state index contributed by atoms with van der Waals surface area (Å²) in [5.41, 5.74) is 17.3. The number of benzene rings is 2. The Morgan fingerprint density at radius 1 is 1.08 bits per heavy atom. The highest BCUT2D eigenvalue weighted by molar-refractivity contribution is 5.98. The lowest BCUT2D eigenvalue weighted by molar-refractivity contribution is 0.0835. The number of Topliss-reactive ketones (excluding diaryl/α,β-unsaturated/α-hetero) is 1. The average molecular weight is 526 g/mol. The number of rotatable bonds is 4. The number of nitrogens with two attached hydrogens (primary N) is 2. The fourth-order valence-corrected chi connectivity index (χ4v) is 4.88. The Kier molecular flexibility index (Phi) is 9.33. The van der Waals surface area contributed by atoms with Crippen LogP contribution in [0.5, 0.6) is 0 Å².